The Hall–Kier alpha value is -2.19. The molecule has 27 heavy (non-hydrogen) atoms. The van der Waals surface area contributed by atoms with Crippen LogP contribution in [0.4, 0.5) is 0 Å². The number of nitrogens with zero attached hydrogens (tertiary/aromatic N) is 3. The van der Waals surface area contributed by atoms with Gasteiger partial charge in [-0.05, 0) is 18.2 Å². The van der Waals surface area contributed by atoms with Crippen LogP contribution in [0.15, 0.2) is 35.5 Å². The van der Waals surface area contributed by atoms with Crippen molar-refractivity contribution in [3.05, 3.63) is 36.4 Å². The molecule has 0 radical (unpaired) electrons. The first-order valence-electron chi connectivity index (χ1n) is 8.96. The molecule has 1 saturated heterocycles. The Labute approximate surface area is 164 Å². The number of ether oxygens (including phenoxy) is 2. The van der Waals surface area contributed by atoms with Crippen molar-refractivity contribution in [2.24, 2.45) is 7.05 Å². The zero-order chi connectivity index (χ0) is 19.2. The van der Waals surface area contributed by atoms with E-state index in [9.17, 15) is 4.79 Å². The number of carbonyl (C=O) groups excluding carboxylic acids is 1. The topological polar surface area (TPSA) is 68.6 Å². The lowest BCUT2D eigenvalue weighted by Crippen LogP contribution is -2.49. The largest absolute Gasteiger partial charge is 0.493 e. The summed E-state index contributed by atoms with van der Waals surface area (Å²) in [4.78, 5) is 20.3. The van der Waals surface area contributed by atoms with Gasteiger partial charge in [0, 0.05) is 56.1 Å². The first kappa shape index (κ1) is 19.6. The number of hydrogen-bond acceptors (Lipinski definition) is 6. The maximum absolute atomic E-state index is 12.8. The molecular weight excluding hydrogens is 364 g/mol. The first-order valence-corrected chi connectivity index (χ1v) is 9.95. The van der Waals surface area contributed by atoms with Gasteiger partial charge < -0.3 is 24.3 Å². The van der Waals surface area contributed by atoms with Gasteiger partial charge in [0.15, 0.2) is 11.5 Å². The lowest BCUT2D eigenvalue weighted by atomic mass is 10.1. The Bertz CT molecular complexity index is 780. The fourth-order valence-corrected chi connectivity index (χ4v) is 4.10. The third-order valence-corrected chi connectivity index (χ3v) is 5.66. The van der Waals surface area contributed by atoms with Crippen molar-refractivity contribution >= 4 is 17.7 Å². The number of aryl methyl sites for hydroxylation is 1. The zero-order valence-electron chi connectivity index (χ0n) is 16.0. The van der Waals surface area contributed by atoms with E-state index in [2.05, 4.69) is 10.3 Å². The third-order valence-electron chi connectivity index (χ3n) is 4.66. The fourth-order valence-electron chi connectivity index (χ4n) is 3.24. The number of thioether (sulfide) groups is 1. The second-order valence-corrected chi connectivity index (χ2v) is 7.49. The van der Waals surface area contributed by atoms with Crippen LogP contribution < -0.4 is 14.8 Å². The van der Waals surface area contributed by atoms with E-state index in [1.54, 1.807) is 32.2 Å². The molecule has 0 aliphatic carbocycles. The van der Waals surface area contributed by atoms with Crippen molar-refractivity contribution in [2.45, 2.75) is 17.4 Å². The average Bonchev–Trinajstić information content (AvgIpc) is 3.13. The molecule has 1 N–H and O–H groups in total. The number of rotatable bonds is 7. The molecule has 1 aliphatic rings. The Morgan fingerprint density at radius 1 is 1.33 bits per heavy atom. The highest BCUT2D eigenvalue weighted by atomic mass is 32.2. The van der Waals surface area contributed by atoms with E-state index in [4.69, 9.17) is 9.47 Å². The number of nitrogens with one attached hydrogen (secondary N) is 1. The van der Waals surface area contributed by atoms with Crippen LogP contribution in [0.1, 0.15) is 18.3 Å². The predicted octanol–water partition coefficient (Wildman–Crippen LogP) is 2.09. The standard InChI is InChI=1S/C19H26N4O3S/c1-22-9-8-21-19(22)15-13-20-7-10-23(15)18(24)6-11-27-14-4-5-16(25-2)17(12-14)26-3/h4-5,8-9,12,15,20H,6-7,10-11,13H2,1-3H3. The van der Waals surface area contributed by atoms with Gasteiger partial charge in [0.2, 0.25) is 5.91 Å². The van der Waals surface area contributed by atoms with Crippen molar-refractivity contribution < 1.29 is 14.3 Å². The second-order valence-electron chi connectivity index (χ2n) is 6.32. The van der Waals surface area contributed by atoms with Crippen LogP contribution in [0.2, 0.25) is 0 Å². The van der Waals surface area contributed by atoms with E-state index < -0.39 is 0 Å². The van der Waals surface area contributed by atoms with Gasteiger partial charge in [0.25, 0.3) is 0 Å². The van der Waals surface area contributed by atoms with Gasteiger partial charge in [-0.15, -0.1) is 11.8 Å². The number of amides is 1. The van der Waals surface area contributed by atoms with Gasteiger partial charge in [-0.3, -0.25) is 4.79 Å². The summed E-state index contributed by atoms with van der Waals surface area (Å²) in [5.41, 5.74) is 0. The zero-order valence-corrected chi connectivity index (χ0v) is 16.8. The summed E-state index contributed by atoms with van der Waals surface area (Å²) in [7, 11) is 5.21. The highest BCUT2D eigenvalue weighted by Gasteiger charge is 2.29. The molecule has 1 aromatic carbocycles. The molecule has 1 fully saturated rings. The molecule has 146 valence electrons. The van der Waals surface area contributed by atoms with Crippen molar-refractivity contribution in [1.82, 2.24) is 19.8 Å². The number of carbonyl (C=O) groups is 1. The Morgan fingerprint density at radius 3 is 2.85 bits per heavy atom. The normalized spacial score (nSPS) is 17.0. The van der Waals surface area contributed by atoms with Crippen LogP contribution in [0.5, 0.6) is 11.5 Å². The molecular formula is C19H26N4O3S. The van der Waals surface area contributed by atoms with Crippen molar-refractivity contribution in [2.75, 3.05) is 39.6 Å². The monoisotopic (exact) mass is 390 g/mol. The molecule has 0 saturated carbocycles. The number of imidazole rings is 1. The third kappa shape index (κ3) is 4.56. The number of benzene rings is 1. The number of methoxy groups -OCH3 is 2. The summed E-state index contributed by atoms with van der Waals surface area (Å²) in [5, 5.41) is 3.36. The minimum Gasteiger partial charge on any atom is -0.493 e. The Balaban J connectivity index is 1.59. The van der Waals surface area contributed by atoms with Gasteiger partial charge in [0.05, 0.1) is 14.2 Å². The molecule has 2 heterocycles. The van der Waals surface area contributed by atoms with E-state index in [1.807, 2.05) is 40.9 Å². The quantitative estimate of drug-likeness (QED) is 0.730. The predicted molar refractivity (Wildman–Crippen MR) is 105 cm³/mol. The summed E-state index contributed by atoms with van der Waals surface area (Å²) < 4.78 is 12.6. The molecule has 0 spiro atoms. The molecule has 1 aromatic heterocycles. The van der Waals surface area contributed by atoms with Crippen LogP contribution >= 0.6 is 11.8 Å². The summed E-state index contributed by atoms with van der Waals surface area (Å²) in [5.74, 6) is 3.20. The molecule has 7 nitrogen and oxygen atoms in total. The lowest BCUT2D eigenvalue weighted by molar-refractivity contribution is -0.134. The lowest BCUT2D eigenvalue weighted by Gasteiger charge is -2.35. The SMILES string of the molecule is COc1ccc(SCCC(=O)N2CCNCC2c2nccn2C)cc1OC. The average molecular weight is 391 g/mol. The number of aromatic nitrogens is 2. The van der Waals surface area contributed by atoms with E-state index in [0.717, 1.165) is 23.8 Å². The van der Waals surface area contributed by atoms with E-state index >= 15 is 0 Å². The Kier molecular flexibility index (Phi) is 6.63. The second kappa shape index (κ2) is 9.14. The van der Waals surface area contributed by atoms with Crippen molar-refractivity contribution in [3.8, 4) is 11.5 Å². The molecule has 1 aliphatic heterocycles. The van der Waals surface area contributed by atoms with Crippen LogP contribution in [0.3, 0.4) is 0 Å². The van der Waals surface area contributed by atoms with E-state index in [-0.39, 0.29) is 11.9 Å². The van der Waals surface area contributed by atoms with Crippen LogP contribution in [0, 0.1) is 0 Å². The van der Waals surface area contributed by atoms with E-state index in [1.165, 1.54) is 0 Å². The molecule has 8 heteroatoms. The van der Waals surface area contributed by atoms with Crippen LogP contribution in [-0.4, -0.2) is 60.0 Å². The fraction of sp³-hybridized carbons (Fsp3) is 0.474. The maximum Gasteiger partial charge on any atom is 0.224 e. The minimum atomic E-state index is -0.0164. The van der Waals surface area contributed by atoms with Crippen molar-refractivity contribution in [3.63, 3.8) is 0 Å². The summed E-state index contributed by atoms with van der Waals surface area (Å²) in [6.45, 7) is 2.26. The molecule has 1 atom stereocenters. The van der Waals surface area contributed by atoms with Crippen molar-refractivity contribution in [1.29, 1.82) is 0 Å². The first-order chi connectivity index (χ1) is 13.1. The summed E-state index contributed by atoms with van der Waals surface area (Å²) >= 11 is 1.64. The van der Waals surface area contributed by atoms with Gasteiger partial charge in [-0.1, -0.05) is 0 Å². The van der Waals surface area contributed by atoms with Gasteiger partial charge in [-0.2, -0.15) is 0 Å². The highest BCUT2D eigenvalue weighted by molar-refractivity contribution is 7.99. The number of hydrogen-bond donors (Lipinski definition) is 1. The highest BCUT2D eigenvalue weighted by Crippen LogP contribution is 2.32. The van der Waals surface area contributed by atoms with Crippen LogP contribution in [-0.2, 0) is 11.8 Å². The van der Waals surface area contributed by atoms with Crippen LogP contribution in [0.25, 0.3) is 0 Å². The molecule has 1 amide bonds. The molecule has 1 unspecified atom stereocenters. The van der Waals surface area contributed by atoms with Gasteiger partial charge in [-0.25, -0.2) is 4.98 Å². The molecule has 0 bridgehead atoms. The van der Waals surface area contributed by atoms with Gasteiger partial charge in [0.1, 0.15) is 11.9 Å². The smallest absolute Gasteiger partial charge is 0.224 e. The summed E-state index contributed by atoms with van der Waals surface area (Å²) in [6, 6.07) is 5.79. The molecule has 3 rings (SSSR count). The minimum absolute atomic E-state index is 0.0164. The van der Waals surface area contributed by atoms with Gasteiger partial charge >= 0.3 is 0 Å². The van der Waals surface area contributed by atoms with E-state index in [0.29, 0.717) is 30.2 Å². The summed E-state index contributed by atoms with van der Waals surface area (Å²) in [6.07, 6.45) is 4.18. The Morgan fingerprint density at radius 2 is 2.15 bits per heavy atom. The number of piperazine rings is 1. The maximum atomic E-state index is 12.8. The molecule has 2 aromatic rings.